The average Bonchev–Trinajstić information content (AvgIpc) is 3.47. The van der Waals surface area contributed by atoms with Gasteiger partial charge in [-0.05, 0) is 88.8 Å². The van der Waals surface area contributed by atoms with Crippen LogP contribution in [0.1, 0.15) is 119 Å². The Morgan fingerprint density at radius 1 is 0.868 bits per heavy atom. The minimum atomic E-state index is -1.86. The molecule has 220 valence electrons. The average molecular weight is 579 g/mol. The van der Waals surface area contributed by atoms with Gasteiger partial charge in [0.1, 0.15) is 0 Å². The van der Waals surface area contributed by atoms with Crippen molar-refractivity contribution in [3.8, 4) is 0 Å². The fourth-order valence-corrected chi connectivity index (χ4v) is 17.2. The Labute approximate surface area is 257 Å². The van der Waals surface area contributed by atoms with Crippen molar-refractivity contribution >= 4 is 8.24 Å². The first-order valence-corrected chi connectivity index (χ1v) is 18.2. The van der Waals surface area contributed by atoms with Crippen LogP contribution in [0.25, 0.3) is 4.98 Å². The molecule has 10 atom stereocenters. The zero-order valence-electron chi connectivity index (χ0n) is 27.5. The third kappa shape index (κ3) is 6.14. The number of rotatable bonds is 6. The number of nitrogens with zero attached hydrogens (tertiary/aromatic N) is 2. The van der Waals surface area contributed by atoms with Crippen LogP contribution >= 0.6 is 0 Å². The van der Waals surface area contributed by atoms with Gasteiger partial charge >= 0.3 is 21.7 Å². The van der Waals surface area contributed by atoms with Gasteiger partial charge in [-0.2, -0.15) is 0 Å². The molecule has 1 aliphatic heterocycles. The Kier molecular flexibility index (Phi) is 13.5. The van der Waals surface area contributed by atoms with E-state index >= 15 is 0 Å². The maximum Gasteiger partial charge on any atom is 4.00 e. The number of hydrogen-bond donors (Lipinski definition) is 0. The molecule has 38 heavy (non-hydrogen) atoms. The summed E-state index contributed by atoms with van der Waals surface area (Å²) < 4.78 is 0. The minimum Gasteiger partial charge on any atom is -0.659 e. The van der Waals surface area contributed by atoms with Crippen molar-refractivity contribution < 1.29 is 21.7 Å². The Balaban J connectivity index is 0.00000180. The van der Waals surface area contributed by atoms with Gasteiger partial charge in [0, 0.05) is 18.1 Å². The van der Waals surface area contributed by atoms with E-state index in [4.69, 9.17) is 4.98 Å². The fourth-order valence-electron chi connectivity index (χ4n) is 11.0. The van der Waals surface area contributed by atoms with Crippen LogP contribution in [0.3, 0.4) is 0 Å². The van der Waals surface area contributed by atoms with E-state index in [1.165, 1.54) is 70.6 Å². The summed E-state index contributed by atoms with van der Waals surface area (Å²) in [5, 5.41) is 0. The predicted molar refractivity (Wildman–Crippen MR) is 169 cm³/mol. The molecule has 0 radical (unpaired) electrons. The molecule has 0 aromatic rings. The van der Waals surface area contributed by atoms with Gasteiger partial charge in [-0.3, -0.25) is 4.90 Å². The molecular weight excluding hydrogens is 512 g/mol. The second-order valence-corrected chi connectivity index (χ2v) is 19.1. The molecule has 0 aromatic heterocycles. The van der Waals surface area contributed by atoms with E-state index in [2.05, 4.69) is 59.9 Å². The van der Waals surface area contributed by atoms with Crippen LogP contribution in [0.5, 0.6) is 0 Å². The first kappa shape index (κ1) is 36.9. The molecule has 0 aromatic carbocycles. The molecule has 5 rings (SSSR count). The number of fused-ring (bicyclic) bond motifs is 5. The van der Waals surface area contributed by atoms with E-state index in [9.17, 15) is 0 Å². The summed E-state index contributed by atoms with van der Waals surface area (Å²) >= 11 is 0. The van der Waals surface area contributed by atoms with E-state index in [0.29, 0.717) is 6.04 Å². The van der Waals surface area contributed by atoms with Crippen LogP contribution < -0.4 is 0 Å². The fraction of sp³-hybridized carbons (Fsp3) is 0.912. The third-order valence-electron chi connectivity index (χ3n) is 12.1. The van der Waals surface area contributed by atoms with Crippen LogP contribution in [-0.2, 0) is 21.7 Å². The molecule has 2 nitrogen and oxygen atoms in total. The molecule has 0 bridgehead atoms. The quantitative estimate of drug-likeness (QED) is 0.226. The summed E-state index contributed by atoms with van der Waals surface area (Å²) in [6, 6.07) is 2.40. The molecule has 5 fully saturated rings. The van der Waals surface area contributed by atoms with Crippen LogP contribution in [-0.4, -0.2) is 36.8 Å². The maximum atomic E-state index is 6.15. The van der Waals surface area contributed by atoms with Gasteiger partial charge < -0.3 is 27.3 Å². The maximum absolute atomic E-state index is 6.15. The van der Waals surface area contributed by atoms with Crippen molar-refractivity contribution in [2.45, 2.75) is 160 Å². The van der Waals surface area contributed by atoms with Gasteiger partial charge in [-0.1, -0.05) is 91.7 Å². The molecular formula is C34H66N2SiTi. The first-order valence-electron chi connectivity index (χ1n) is 15.6. The van der Waals surface area contributed by atoms with Gasteiger partial charge in [-0.15, -0.1) is 5.54 Å². The van der Waals surface area contributed by atoms with E-state index < -0.39 is 8.24 Å². The van der Waals surface area contributed by atoms with Crippen LogP contribution in [0, 0.1) is 57.8 Å². The van der Waals surface area contributed by atoms with Crippen molar-refractivity contribution in [2.75, 3.05) is 0 Å². The minimum absolute atomic E-state index is 0. The summed E-state index contributed by atoms with van der Waals surface area (Å²) in [4.78, 5) is 9.32. The molecule has 0 spiro atoms. The second-order valence-electron chi connectivity index (χ2n) is 14.9. The standard InChI is InChI=1S/C31H57N2Si.3CH3.Ti/c1-9-31(6,7)32-34(8,23-14-10-11-15-23)30-25-19-21(4)18-22(5)27(25)28-24-16-12-13-17-26(24)33(20(2)3)29(28)30;;;;/h20-30H,9-19H2,1-8H3;3*1H3;/q4*-1;+4. The molecule has 0 amide bonds. The number of hydrogen-bond acceptors (Lipinski definition) is 1. The second kappa shape index (κ2) is 13.9. The zero-order chi connectivity index (χ0) is 24.4. The Morgan fingerprint density at radius 2 is 1.45 bits per heavy atom. The van der Waals surface area contributed by atoms with E-state index in [0.717, 1.165) is 58.7 Å². The molecule has 4 heteroatoms. The van der Waals surface area contributed by atoms with Crippen molar-refractivity contribution in [1.29, 1.82) is 0 Å². The normalized spacial score (nSPS) is 40.5. The largest absolute Gasteiger partial charge is 4.00 e. The monoisotopic (exact) mass is 578 g/mol. The van der Waals surface area contributed by atoms with E-state index in [-0.39, 0.29) is 49.5 Å². The summed E-state index contributed by atoms with van der Waals surface area (Å²) in [6.45, 7) is 20.5. The summed E-state index contributed by atoms with van der Waals surface area (Å²) in [5.41, 5.74) is 1.98. The predicted octanol–water partition coefficient (Wildman–Crippen LogP) is 10.4. The Bertz CT molecular complexity index is 721. The van der Waals surface area contributed by atoms with Crippen molar-refractivity contribution in [3.63, 3.8) is 0 Å². The van der Waals surface area contributed by atoms with Crippen LogP contribution in [0.4, 0.5) is 0 Å². The van der Waals surface area contributed by atoms with Gasteiger partial charge in [0.2, 0.25) is 0 Å². The molecule has 4 saturated carbocycles. The van der Waals surface area contributed by atoms with Crippen LogP contribution in [0.15, 0.2) is 0 Å². The molecule has 10 unspecified atom stereocenters. The van der Waals surface area contributed by atoms with Crippen molar-refractivity contribution in [3.05, 3.63) is 27.3 Å². The molecule has 1 saturated heterocycles. The van der Waals surface area contributed by atoms with Crippen molar-refractivity contribution in [1.82, 2.24) is 4.90 Å². The first-order chi connectivity index (χ1) is 16.1. The Hall–Kier alpha value is 0.851. The van der Waals surface area contributed by atoms with E-state index in [1.54, 1.807) is 0 Å². The van der Waals surface area contributed by atoms with Gasteiger partial charge in [-0.25, -0.2) is 0 Å². The third-order valence-corrected chi connectivity index (χ3v) is 17.6. The zero-order valence-corrected chi connectivity index (χ0v) is 30.1. The Morgan fingerprint density at radius 3 is 2.03 bits per heavy atom. The van der Waals surface area contributed by atoms with Gasteiger partial charge in [0.15, 0.2) is 0 Å². The smallest absolute Gasteiger partial charge is 0.659 e. The topological polar surface area (TPSA) is 17.3 Å². The van der Waals surface area contributed by atoms with Crippen LogP contribution in [0.2, 0.25) is 17.6 Å². The molecule has 1 heterocycles. The summed E-state index contributed by atoms with van der Waals surface area (Å²) in [6.07, 6.45) is 16.1. The molecule has 5 aliphatic rings. The van der Waals surface area contributed by atoms with Gasteiger partial charge in [0.25, 0.3) is 0 Å². The SMILES string of the molecule is CCC(C)(C)[N-][Si](C)(C1CCCC1)C1C2CC(C)CC(C)C2C2C3CCCCC3N(C(C)C)C21.[CH3-].[CH3-].[CH3-].[Ti+4]. The van der Waals surface area contributed by atoms with E-state index in [1.807, 2.05) is 0 Å². The number of likely N-dealkylation sites (tertiary alicyclic amines) is 1. The molecule has 4 aliphatic carbocycles. The summed E-state index contributed by atoms with van der Waals surface area (Å²) in [5.74, 6) is 5.71. The van der Waals surface area contributed by atoms with Gasteiger partial charge in [0.05, 0.1) is 0 Å². The molecule has 0 N–H and O–H groups in total. The van der Waals surface area contributed by atoms with Crippen molar-refractivity contribution in [2.24, 2.45) is 35.5 Å². The summed E-state index contributed by atoms with van der Waals surface area (Å²) in [7, 11) is -1.86.